The van der Waals surface area contributed by atoms with Crippen LogP contribution in [0.5, 0.6) is 5.75 Å². The Labute approximate surface area is 171 Å². The molecule has 1 fully saturated rings. The number of benzene rings is 1. The fourth-order valence-corrected chi connectivity index (χ4v) is 3.08. The van der Waals surface area contributed by atoms with Gasteiger partial charge in [0.1, 0.15) is 11.4 Å². The topological polar surface area (TPSA) is 74.8 Å². The predicted octanol–water partition coefficient (Wildman–Crippen LogP) is 2.69. The Hall–Kier alpha value is -3.14. The van der Waals surface area contributed by atoms with Gasteiger partial charge in [-0.15, -0.1) is 13.2 Å². The molecule has 0 unspecified atom stereocenters. The van der Waals surface area contributed by atoms with Gasteiger partial charge in [-0.25, -0.2) is 4.98 Å². The van der Waals surface area contributed by atoms with Gasteiger partial charge in [-0.3, -0.25) is 14.5 Å². The van der Waals surface area contributed by atoms with Crippen molar-refractivity contribution in [2.24, 2.45) is 0 Å². The number of hydrogen-bond donors (Lipinski definition) is 1. The number of rotatable bonds is 5. The molecule has 1 N–H and O–H groups in total. The highest BCUT2D eigenvalue weighted by molar-refractivity contribution is 5.93. The van der Waals surface area contributed by atoms with Gasteiger partial charge in [0, 0.05) is 37.6 Å². The lowest BCUT2D eigenvalue weighted by Gasteiger charge is -2.34. The number of halogens is 3. The Morgan fingerprint density at radius 2 is 1.73 bits per heavy atom. The van der Waals surface area contributed by atoms with E-state index in [2.05, 4.69) is 15.0 Å². The SMILES string of the molecule is Cc1cccc(C(=O)N2CCN(CC(=O)Nc3ccc(OC(F)(F)F)cc3)CC2)n1. The van der Waals surface area contributed by atoms with Crippen LogP contribution in [0.25, 0.3) is 0 Å². The van der Waals surface area contributed by atoms with Crippen molar-refractivity contribution < 1.29 is 27.5 Å². The molecule has 1 aliphatic rings. The van der Waals surface area contributed by atoms with Gasteiger partial charge in [-0.05, 0) is 43.3 Å². The third kappa shape index (κ3) is 6.18. The van der Waals surface area contributed by atoms with Crippen molar-refractivity contribution in [2.75, 3.05) is 38.0 Å². The van der Waals surface area contributed by atoms with Crippen molar-refractivity contribution in [2.45, 2.75) is 13.3 Å². The normalized spacial score (nSPS) is 15.0. The van der Waals surface area contributed by atoms with Gasteiger partial charge in [-0.1, -0.05) is 6.07 Å². The van der Waals surface area contributed by atoms with Gasteiger partial charge >= 0.3 is 6.36 Å². The number of aryl methyl sites for hydroxylation is 1. The second-order valence-corrected chi connectivity index (χ2v) is 6.85. The van der Waals surface area contributed by atoms with Crippen molar-refractivity contribution in [3.63, 3.8) is 0 Å². The summed E-state index contributed by atoms with van der Waals surface area (Å²) >= 11 is 0. The number of alkyl halides is 3. The van der Waals surface area contributed by atoms with Gasteiger partial charge in [0.15, 0.2) is 0 Å². The standard InChI is InChI=1S/C20H21F3N4O3/c1-14-3-2-4-17(24-14)19(29)27-11-9-26(10-12-27)13-18(28)25-15-5-7-16(8-6-15)30-20(21,22)23/h2-8H,9-13H2,1H3,(H,25,28). The molecule has 0 saturated carbocycles. The predicted molar refractivity (Wildman–Crippen MR) is 103 cm³/mol. The number of piperazine rings is 1. The van der Waals surface area contributed by atoms with E-state index in [0.29, 0.717) is 37.6 Å². The summed E-state index contributed by atoms with van der Waals surface area (Å²) in [5, 5.41) is 2.64. The zero-order chi connectivity index (χ0) is 21.7. The van der Waals surface area contributed by atoms with Gasteiger partial charge in [0.25, 0.3) is 5.91 Å². The summed E-state index contributed by atoms with van der Waals surface area (Å²) < 4.78 is 40.3. The van der Waals surface area contributed by atoms with E-state index in [-0.39, 0.29) is 24.1 Å². The Kier molecular flexibility index (Phi) is 6.56. The fraction of sp³-hybridized carbons (Fsp3) is 0.350. The van der Waals surface area contributed by atoms with Crippen molar-refractivity contribution in [3.05, 3.63) is 53.9 Å². The molecule has 0 aliphatic carbocycles. The highest BCUT2D eigenvalue weighted by atomic mass is 19.4. The summed E-state index contributed by atoms with van der Waals surface area (Å²) in [5.74, 6) is -0.784. The van der Waals surface area contributed by atoms with E-state index in [4.69, 9.17) is 0 Å². The van der Waals surface area contributed by atoms with Crippen LogP contribution in [0, 0.1) is 6.92 Å². The molecule has 0 atom stereocenters. The van der Waals surface area contributed by atoms with Crippen LogP contribution < -0.4 is 10.1 Å². The molecule has 1 aliphatic heterocycles. The minimum Gasteiger partial charge on any atom is -0.406 e. The molecule has 3 rings (SSSR count). The lowest BCUT2D eigenvalue weighted by Crippen LogP contribution is -2.50. The van der Waals surface area contributed by atoms with Crippen LogP contribution in [0.15, 0.2) is 42.5 Å². The molecule has 0 spiro atoms. The summed E-state index contributed by atoms with van der Waals surface area (Å²) in [6, 6.07) is 10.2. The van der Waals surface area contributed by atoms with Crippen LogP contribution >= 0.6 is 0 Å². The average Bonchev–Trinajstić information content (AvgIpc) is 2.68. The third-order valence-electron chi connectivity index (χ3n) is 4.51. The second kappa shape index (κ2) is 9.12. The maximum Gasteiger partial charge on any atom is 0.573 e. The smallest absolute Gasteiger partial charge is 0.406 e. The van der Waals surface area contributed by atoms with E-state index in [1.54, 1.807) is 17.0 Å². The zero-order valence-corrected chi connectivity index (χ0v) is 16.3. The van der Waals surface area contributed by atoms with Crippen LogP contribution in [0.1, 0.15) is 16.2 Å². The number of nitrogens with zero attached hydrogens (tertiary/aromatic N) is 3. The maximum absolute atomic E-state index is 12.5. The molecule has 1 aromatic heterocycles. The van der Waals surface area contributed by atoms with Crippen LogP contribution in [0.4, 0.5) is 18.9 Å². The number of ether oxygens (including phenoxy) is 1. The number of nitrogens with one attached hydrogen (secondary N) is 1. The maximum atomic E-state index is 12.5. The molecule has 1 aromatic carbocycles. The fourth-order valence-electron chi connectivity index (χ4n) is 3.08. The number of hydrogen-bond acceptors (Lipinski definition) is 5. The minimum absolute atomic E-state index is 0.117. The zero-order valence-electron chi connectivity index (χ0n) is 16.3. The minimum atomic E-state index is -4.76. The monoisotopic (exact) mass is 422 g/mol. The van der Waals surface area contributed by atoms with E-state index in [1.165, 1.54) is 12.1 Å². The number of aromatic nitrogens is 1. The first-order valence-electron chi connectivity index (χ1n) is 9.30. The van der Waals surface area contributed by atoms with Gasteiger partial charge < -0.3 is 15.0 Å². The molecular formula is C20H21F3N4O3. The van der Waals surface area contributed by atoms with Crippen molar-refractivity contribution in [3.8, 4) is 5.75 Å². The number of anilines is 1. The summed E-state index contributed by atoms with van der Waals surface area (Å²) in [6.45, 7) is 3.96. The summed E-state index contributed by atoms with van der Waals surface area (Å²) in [6.07, 6.45) is -4.76. The molecule has 2 amide bonds. The Bertz CT molecular complexity index is 895. The Balaban J connectivity index is 1.45. The quantitative estimate of drug-likeness (QED) is 0.802. The molecule has 10 heteroatoms. The van der Waals surface area contributed by atoms with Gasteiger partial charge in [0.05, 0.1) is 6.54 Å². The number of amides is 2. The first-order valence-corrected chi connectivity index (χ1v) is 9.30. The highest BCUT2D eigenvalue weighted by Gasteiger charge is 2.31. The van der Waals surface area contributed by atoms with Crippen molar-refractivity contribution >= 4 is 17.5 Å². The first-order chi connectivity index (χ1) is 14.2. The molecule has 2 heterocycles. The van der Waals surface area contributed by atoms with E-state index in [9.17, 15) is 22.8 Å². The highest BCUT2D eigenvalue weighted by Crippen LogP contribution is 2.24. The lowest BCUT2D eigenvalue weighted by molar-refractivity contribution is -0.274. The van der Waals surface area contributed by atoms with E-state index >= 15 is 0 Å². The molecule has 1 saturated heterocycles. The van der Waals surface area contributed by atoms with E-state index < -0.39 is 6.36 Å². The summed E-state index contributed by atoms with van der Waals surface area (Å²) in [7, 11) is 0. The summed E-state index contributed by atoms with van der Waals surface area (Å²) in [4.78, 5) is 32.6. The number of carbonyl (C=O) groups is 2. The average molecular weight is 422 g/mol. The van der Waals surface area contributed by atoms with Crippen LogP contribution in [-0.2, 0) is 4.79 Å². The largest absolute Gasteiger partial charge is 0.573 e. The second-order valence-electron chi connectivity index (χ2n) is 6.85. The van der Waals surface area contributed by atoms with Crippen LogP contribution in [-0.4, -0.2) is 65.7 Å². The van der Waals surface area contributed by atoms with E-state index in [0.717, 1.165) is 17.8 Å². The summed E-state index contributed by atoms with van der Waals surface area (Å²) in [5.41, 5.74) is 1.54. The molecule has 160 valence electrons. The molecule has 0 radical (unpaired) electrons. The van der Waals surface area contributed by atoms with Crippen LogP contribution in [0.3, 0.4) is 0 Å². The van der Waals surface area contributed by atoms with E-state index in [1.807, 2.05) is 17.9 Å². The number of carbonyl (C=O) groups excluding carboxylic acids is 2. The Morgan fingerprint density at radius 3 is 2.33 bits per heavy atom. The first kappa shape index (κ1) is 21.6. The molecule has 2 aromatic rings. The van der Waals surface area contributed by atoms with Crippen molar-refractivity contribution in [1.29, 1.82) is 0 Å². The molecular weight excluding hydrogens is 401 g/mol. The van der Waals surface area contributed by atoms with Crippen LogP contribution in [0.2, 0.25) is 0 Å². The lowest BCUT2D eigenvalue weighted by atomic mass is 10.2. The molecule has 30 heavy (non-hydrogen) atoms. The number of pyridine rings is 1. The van der Waals surface area contributed by atoms with Gasteiger partial charge in [0.2, 0.25) is 5.91 Å². The van der Waals surface area contributed by atoms with Gasteiger partial charge in [-0.2, -0.15) is 0 Å². The molecule has 0 bridgehead atoms. The molecule has 7 nitrogen and oxygen atoms in total. The Morgan fingerprint density at radius 1 is 1.07 bits per heavy atom. The van der Waals surface area contributed by atoms with Crippen molar-refractivity contribution in [1.82, 2.24) is 14.8 Å². The third-order valence-corrected chi connectivity index (χ3v) is 4.51.